The number of halogens is 2. The third-order valence-corrected chi connectivity index (χ3v) is 5.35. The second-order valence-corrected chi connectivity index (χ2v) is 7.59. The Morgan fingerprint density at radius 1 is 1.13 bits per heavy atom. The zero-order chi connectivity index (χ0) is 16.4. The molecule has 1 aromatic heterocycles. The summed E-state index contributed by atoms with van der Waals surface area (Å²) in [6, 6.07) is 10.7. The largest absolute Gasteiger partial charge is 0.350 e. The highest BCUT2D eigenvalue weighted by Crippen LogP contribution is 2.35. The first-order valence-corrected chi connectivity index (χ1v) is 9.16. The lowest BCUT2D eigenvalue weighted by molar-refractivity contribution is 0.216. The van der Waals surface area contributed by atoms with Crippen molar-refractivity contribution in [2.75, 3.05) is 13.1 Å². The fraction of sp³-hybridized carbons (Fsp3) is 0.474. The monoisotopic (exact) mass is 350 g/mol. The summed E-state index contributed by atoms with van der Waals surface area (Å²) >= 11 is 12.4. The molecule has 1 aliphatic heterocycles. The van der Waals surface area contributed by atoms with Gasteiger partial charge in [0.1, 0.15) is 0 Å². The van der Waals surface area contributed by atoms with Crippen molar-refractivity contribution in [3.63, 3.8) is 0 Å². The van der Waals surface area contributed by atoms with Gasteiger partial charge < -0.3 is 4.57 Å². The maximum Gasteiger partial charge on any atom is 0.0756 e. The van der Waals surface area contributed by atoms with Crippen molar-refractivity contribution < 1.29 is 0 Å². The minimum absolute atomic E-state index is 0.251. The molecular weight excluding hydrogens is 327 g/mol. The van der Waals surface area contributed by atoms with Crippen molar-refractivity contribution in [2.45, 2.75) is 39.3 Å². The number of rotatable bonds is 4. The second-order valence-electron chi connectivity index (χ2n) is 6.77. The van der Waals surface area contributed by atoms with E-state index in [2.05, 4.69) is 47.7 Å². The van der Waals surface area contributed by atoms with Gasteiger partial charge in [-0.15, -0.1) is 0 Å². The number of benzene rings is 1. The summed E-state index contributed by atoms with van der Waals surface area (Å²) in [7, 11) is 0. The number of hydrogen-bond acceptors (Lipinski definition) is 1. The summed E-state index contributed by atoms with van der Waals surface area (Å²) in [6.45, 7) is 7.87. The Labute approximate surface area is 149 Å². The highest BCUT2D eigenvalue weighted by atomic mass is 35.5. The molecule has 0 saturated carbocycles. The molecule has 2 nitrogen and oxygen atoms in total. The Balaban J connectivity index is 1.99. The van der Waals surface area contributed by atoms with Crippen molar-refractivity contribution in [3.05, 3.63) is 57.8 Å². The highest BCUT2D eigenvalue weighted by molar-refractivity contribution is 6.42. The molecule has 2 aromatic rings. The van der Waals surface area contributed by atoms with Gasteiger partial charge in [0.05, 0.1) is 16.1 Å². The maximum absolute atomic E-state index is 6.29. The fourth-order valence-electron chi connectivity index (χ4n) is 3.37. The molecule has 0 radical (unpaired) electrons. The molecule has 4 heteroatoms. The van der Waals surface area contributed by atoms with Gasteiger partial charge in [-0.1, -0.05) is 43.1 Å². The molecule has 1 aliphatic rings. The second kappa shape index (κ2) is 7.29. The molecule has 0 unspecified atom stereocenters. The van der Waals surface area contributed by atoms with Crippen molar-refractivity contribution in [1.82, 2.24) is 9.47 Å². The molecule has 124 valence electrons. The van der Waals surface area contributed by atoms with Gasteiger partial charge in [-0.05, 0) is 55.1 Å². The molecule has 0 saturated heterocycles. The average Bonchev–Trinajstić information content (AvgIpc) is 2.89. The Morgan fingerprint density at radius 2 is 1.96 bits per heavy atom. The average molecular weight is 351 g/mol. The van der Waals surface area contributed by atoms with Crippen molar-refractivity contribution >= 4 is 23.2 Å². The van der Waals surface area contributed by atoms with Crippen LogP contribution in [0.25, 0.3) is 0 Å². The first-order valence-electron chi connectivity index (χ1n) is 8.40. The topological polar surface area (TPSA) is 8.17 Å². The summed E-state index contributed by atoms with van der Waals surface area (Å²) in [5.74, 6) is 0.708. The van der Waals surface area contributed by atoms with Crippen LogP contribution in [0, 0.1) is 5.92 Å². The third kappa shape index (κ3) is 3.76. The molecule has 23 heavy (non-hydrogen) atoms. The van der Waals surface area contributed by atoms with Crippen LogP contribution in [-0.4, -0.2) is 22.6 Å². The van der Waals surface area contributed by atoms with Crippen molar-refractivity contribution in [3.8, 4) is 0 Å². The predicted octanol–water partition coefficient (Wildman–Crippen LogP) is 5.64. The molecule has 1 aromatic carbocycles. The van der Waals surface area contributed by atoms with Crippen LogP contribution in [0.15, 0.2) is 36.5 Å². The van der Waals surface area contributed by atoms with Crippen molar-refractivity contribution in [2.24, 2.45) is 5.92 Å². The fourth-order valence-corrected chi connectivity index (χ4v) is 3.67. The van der Waals surface area contributed by atoms with Crippen LogP contribution in [0.3, 0.4) is 0 Å². The number of nitrogens with zero attached hydrogens (tertiary/aromatic N) is 2. The lowest BCUT2D eigenvalue weighted by Gasteiger charge is -2.31. The summed E-state index contributed by atoms with van der Waals surface area (Å²) in [4.78, 5) is 2.60. The van der Waals surface area contributed by atoms with E-state index in [0.717, 1.165) is 19.6 Å². The van der Waals surface area contributed by atoms with Crippen LogP contribution in [0.4, 0.5) is 0 Å². The minimum Gasteiger partial charge on any atom is -0.350 e. The molecule has 0 bridgehead atoms. The van der Waals surface area contributed by atoms with Gasteiger partial charge in [-0.2, -0.15) is 0 Å². The SMILES string of the molecule is CC(C)CCN1CCCn2cccc2[C@@H]1c1ccc(Cl)c(Cl)c1. The first kappa shape index (κ1) is 16.9. The van der Waals surface area contributed by atoms with E-state index in [-0.39, 0.29) is 6.04 Å². The van der Waals surface area contributed by atoms with Crippen LogP contribution in [0.5, 0.6) is 0 Å². The Hall–Kier alpha value is -0.960. The molecule has 0 spiro atoms. The van der Waals surface area contributed by atoms with E-state index in [9.17, 15) is 0 Å². The standard InChI is InChI=1S/C19H24Cl2N2/c1-14(2)8-12-23-11-4-10-22-9-3-5-18(22)19(23)15-6-7-16(20)17(21)13-15/h3,5-7,9,13-14,19H,4,8,10-12H2,1-2H3/t19-/m0/s1. The quantitative estimate of drug-likeness (QED) is 0.692. The molecule has 0 aliphatic carbocycles. The van der Waals surface area contributed by atoms with Crippen LogP contribution < -0.4 is 0 Å². The molecule has 0 fully saturated rings. The van der Waals surface area contributed by atoms with E-state index in [4.69, 9.17) is 23.2 Å². The Morgan fingerprint density at radius 3 is 2.70 bits per heavy atom. The number of hydrogen-bond donors (Lipinski definition) is 0. The van der Waals surface area contributed by atoms with Gasteiger partial charge in [-0.3, -0.25) is 4.90 Å². The highest BCUT2D eigenvalue weighted by Gasteiger charge is 2.27. The number of aromatic nitrogens is 1. The van der Waals surface area contributed by atoms with Gasteiger partial charge >= 0.3 is 0 Å². The first-order chi connectivity index (χ1) is 11.1. The van der Waals surface area contributed by atoms with Gasteiger partial charge in [0, 0.05) is 25.0 Å². The molecular formula is C19H24Cl2N2. The number of fused-ring (bicyclic) bond motifs is 1. The molecule has 0 N–H and O–H groups in total. The van der Waals surface area contributed by atoms with E-state index in [0.29, 0.717) is 16.0 Å². The van der Waals surface area contributed by atoms with E-state index in [1.165, 1.54) is 24.1 Å². The third-order valence-electron chi connectivity index (χ3n) is 4.61. The van der Waals surface area contributed by atoms with Gasteiger partial charge in [0.25, 0.3) is 0 Å². The van der Waals surface area contributed by atoms with E-state index < -0.39 is 0 Å². The van der Waals surface area contributed by atoms with E-state index in [1.807, 2.05) is 12.1 Å². The molecule has 1 atom stereocenters. The predicted molar refractivity (Wildman–Crippen MR) is 98.4 cm³/mol. The lowest BCUT2D eigenvalue weighted by Crippen LogP contribution is -2.31. The van der Waals surface area contributed by atoms with E-state index >= 15 is 0 Å². The van der Waals surface area contributed by atoms with Crippen LogP contribution >= 0.6 is 23.2 Å². The Bertz CT molecular complexity index is 663. The summed E-state index contributed by atoms with van der Waals surface area (Å²) in [6.07, 6.45) is 4.57. The van der Waals surface area contributed by atoms with Crippen LogP contribution in [-0.2, 0) is 6.54 Å². The Kier molecular flexibility index (Phi) is 5.35. The van der Waals surface area contributed by atoms with Gasteiger partial charge in [0.15, 0.2) is 0 Å². The van der Waals surface area contributed by atoms with Crippen molar-refractivity contribution in [1.29, 1.82) is 0 Å². The zero-order valence-corrected chi connectivity index (χ0v) is 15.3. The molecule has 3 rings (SSSR count). The summed E-state index contributed by atoms with van der Waals surface area (Å²) in [5.41, 5.74) is 2.58. The smallest absolute Gasteiger partial charge is 0.0756 e. The number of aryl methyl sites for hydroxylation is 1. The zero-order valence-electron chi connectivity index (χ0n) is 13.8. The lowest BCUT2D eigenvalue weighted by atomic mass is 10.0. The van der Waals surface area contributed by atoms with Gasteiger partial charge in [0.2, 0.25) is 0 Å². The minimum atomic E-state index is 0.251. The summed E-state index contributed by atoms with van der Waals surface area (Å²) in [5, 5.41) is 1.25. The van der Waals surface area contributed by atoms with Gasteiger partial charge in [-0.25, -0.2) is 0 Å². The maximum atomic E-state index is 6.29. The van der Waals surface area contributed by atoms with Crippen LogP contribution in [0.1, 0.15) is 44.0 Å². The summed E-state index contributed by atoms with van der Waals surface area (Å²) < 4.78 is 2.38. The van der Waals surface area contributed by atoms with Crippen LogP contribution in [0.2, 0.25) is 10.0 Å². The molecule has 2 heterocycles. The van der Waals surface area contributed by atoms with E-state index in [1.54, 1.807) is 0 Å². The molecule has 0 amide bonds. The normalized spacial score (nSPS) is 18.9.